The third-order valence-corrected chi connectivity index (χ3v) is 2.56. The molecule has 14 heavy (non-hydrogen) atoms. The largest absolute Gasteiger partial charge is 0.481 e. The van der Waals surface area contributed by atoms with Crippen LogP contribution in [0.5, 0.6) is 0 Å². The summed E-state index contributed by atoms with van der Waals surface area (Å²) < 4.78 is 2.79. The van der Waals surface area contributed by atoms with Crippen molar-refractivity contribution < 1.29 is 9.90 Å². The van der Waals surface area contributed by atoms with Crippen molar-refractivity contribution in [3.05, 3.63) is 0 Å². The van der Waals surface area contributed by atoms with Crippen LogP contribution in [0.2, 0.25) is 0 Å². The van der Waals surface area contributed by atoms with Crippen LogP contribution in [0.3, 0.4) is 0 Å². The first kappa shape index (κ1) is 13.7. The summed E-state index contributed by atoms with van der Waals surface area (Å²) in [7, 11) is 0. The Kier molecular flexibility index (Phi) is 7.83. The van der Waals surface area contributed by atoms with Crippen molar-refractivity contribution in [2.24, 2.45) is 5.73 Å². The highest BCUT2D eigenvalue weighted by molar-refractivity contribution is 8.21. The van der Waals surface area contributed by atoms with Gasteiger partial charge in [0.25, 0.3) is 5.97 Å². The van der Waals surface area contributed by atoms with Gasteiger partial charge in [-0.15, -0.1) is 0 Å². The van der Waals surface area contributed by atoms with Gasteiger partial charge in [-0.3, -0.25) is 4.79 Å². The van der Waals surface area contributed by atoms with Gasteiger partial charge in [0, 0.05) is 20.0 Å². The highest BCUT2D eigenvalue weighted by Gasteiger charge is 2.10. The number of carboxylic acids is 1. The van der Waals surface area contributed by atoms with Crippen LogP contribution in [-0.2, 0) is 4.79 Å². The third kappa shape index (κ3) is 9.76. The van der Waals surface area contributed by atoms with E-state index in [1.54, 1.807) is 0 Å². The lowest BCUT2D eigenvalue weighted by molar-refractivity contribution is -0.134. The first-order valence-corrected chi connectivity index (χ1v) is 5.62. The molecule has 0 aliphatic carbocycles. The molecule has 0 aromatic rings. The van der Waals surface area contributed by atoms with Crippen molar-refractivity contribution in [3.8, 4) is 0 Å². The topological polar surface area (TPSA) is 66.6 Å². The number of carbonyl (C=O) groups is 1. The first-order chi connectivity index (χ1) is 6.52. The van der Waals surface area contributed by atoms with E-state index in [2.05, 4.69) is 4.31 Å². The van der Waals surface area contributed by atoms with Crippen LogP contribution in [0.25, 0.3) is 0 Å². The van der Waals surface area contributed by atoms with Crippen LogP contribution in [-0.4, -0.2) is 32.8 Å². The predicted molar refractivity (Wildman–Crippen MR) is 63.1 cm³/mol. The van der Waals surface area contributed by atoms with Gasteiger partial charge in [-0.1, -0.05) is 18.6 Å². The summed E-state index contributed by atoms with van der Waals surface area (Å²) in [5.74, 6) is -0.833. The monoisotopic (exact) mass is 236 g/mol. The number of rotatable bonds is 1. The summed E-state index contributed by atoms with van der Waals surface area (Å²) in [5.41, 5.74) is 5.38. The number of carboxylic acid groups (broad SMARTS) is 1. The Morgan fingerprint density at radius 3 is 2.21 bits per heavy atom. The maximum Gasteiger partial charge on any atom is 0.300 e. The summed E-state index contributed by atoms with van der Waals surface area (Å²) >= 11 is 6.29. The summed E-state index contributed by atoms with van der Waals surface area (Å²) in [5, 5.41) is 7.42. The van der Waals surface area contributed by atoms with Gasteiger partial charge >= 0.3 is 0 Å². The number of nitrogens with zero attached hydrogens (tertiary/aromatic N) is 1. The molecule has 4 nitrogen and oxygen atoms in total. The fourth-order valence-corrected chi connectivity index (χ4v) is 2.09. The van der Waals surface area contributed by atoms with E-state index in [9.17, 15) is 0 Å². The molecule has 0 radical (unpaired) electrons. The highest BCUT2D eigenvalue weighted by atomic mass is 32.2. The van der Waals surface area contributed by atoms with Crippen LogP contribution in [0.1, 0.15) is 26.2 Å². The van der Waals surface area contributed by atoms with Gasteiger partial charge in [0.2, 0.25) is 0 Å². The average Bonchev–Trinajstić information content (AvgIpc) is 2.03. The van der Waals surface area contributed by atoms with Crippen LogP contribution < -0.4 is 5.73 Å². The smallest absolute Gasteiger partial charge is 0.300 e. The molecule has 6 heteroatoms. The summed E-state index contributed by atoms with van der Waals surface area (Å²) in [6.07, 6.45) is 3.93. The van der Waals surface area contributed by atoms with E-state index in [4.69, 9.17) is 27.9 Å². The number of hydrogen-bond acceptors (Lipinski definition) is 4. The molecule has 0 aromatic carbocycles. The average molecular weight is 236 g/mol. The van der Waals surface area contributed by atoms with Crippen molar-refractivity contribution in [2.45, 2.75) is 26.2 Å². The minimum Gasteiger partial charge on any atom is -0.481 e. The van der Waals surface area contributed by atoms with E-state index in [1.807, 2.05) is 0 Å². The molecule has 0 aromatic heterocycles. The maximum atomic E-state index is 9.00. The molecule has 0 saturated carbocycles. The summed E-state index contributed by atoms with van der Waals surface area (Å²) in [4.78, 5) is 9.00. The first-order valence-electron chi connectivity index (χ1n) is 4.44. The molecule has 82 valence electrons. The molecule has 1 aliphatic heterocycles. The number of nitrogens with two attached hydrogens (primary N) is 1. The number of aliphatic carboxylic acids is 1. The van der Waals surface area contributed by atoms with Crippen molar-refractivity contribution in [3.63, 3.8) is 0 Å². The van der Waals surface area contributed by atoms with E-state index < -0.39 is 5.97 Å². The normalized spacial score (nSPS) is 16.6. The van der Waals surface area contributed by atoms with Crippen LogP contribution in [0.15, 0.2) is 0 Å². The summed E-state index contributed by atoms with van der Waals surface area (Å²) in [6, 6.07) is 0. The Bertz CT molecular complexity index is 190. The Hall–Kier alpha value is -0.330. The second kappa shape index (κ2) is 8.02. The van der Waals surface area contributed by atoms with Gasteiger partial charge in [0.1, 0.15) is 4.32 Å². The van der Waals surface area contributed by atoms with E-state index in [1.165, 1.54) is 31.2 Å². The molecular formula is C8H16N2O2S2. The van der Waals surface area contributed by atoms with Gasteiger partial charge in [-0.2, -0.15) is 0 Å². The lowest BCUT2D eigenvalue weighted by atomic mass is 10.2. The molecule has 0 spiro atoms. The molecule has 1 rings (SSSR count). The minimum atomic E-state index is -0.833. The zero-order chi connectivity index (χ0) is 11.0. The van der Waals surface area contributed by atoms with Crippen molar-refractivity contribution >= 4 is 34.5 Å². The molecular weight excluding hydrogens is 220 g/mol. The van der Waals surface area contributed by atoms with Gasteiger partial charge in [0.15, 0.2) is 0 Å². The zero-order valence-corrected chi connectivity index (χ0v) is 9.87. The Labute approximate surface area is 94.0 Å². The van der Waals surface area contributed by atoms with Crippen LogP contribution in [0.4, 0.5) is 0 Å². The van der Waals surface area contributed by atoms with Gasteiger partial charge in [-0.05, 0) is 24.8 Å². The fraction of sp³-hybridized carbons (Fsp3) is 0.750. The van der Waals surface area contributed by atoms with Crippen molar-refractivity contribution in [2.75, 3.05) is 13.1 Å². The quantitative estimate of drug-likeness (QED) is 0.531. The van der Waals surface area contributed by atoms with Crippen LogP contribution in [0, 0.1) is 0 Å². The minimum absolute atomic E-state index is 0.543. The molecule has 1 aliphatic rings. The van der Waals surface area contributed by atoms with Gasteiger partial charge in [0.05, 0.1) is 0 Å². The predicted octanol–water partition coefficient (Wildman–Crippen LogP) is 1.46. The fourth-order valence-electron chi connectivity index (χ4n) is 1.08. The molecule has 1 fully saturated rings. The summed E-state index contributed by atoms with van der Waals surface area (Å²) in [6.45, 7) is 3.37. The Morgan fingerprint density at radius 2 is 1.86 bits per heavy atom. The Morgan fingerprint density at radius 1 is 1.43 bits per heavy atom. The molecule has 1 saturated heterocycles. The van der Waals surface area contributed by atoms with Crippen molar-refractivity contribution in [1.82, 2.24) is 4.31 Å². The van der Waals surface area contributed by atoms with Crippen LogP contribution >= 0.6 is 24.2 Å². The molecule has 0 amide bonds. The highest BCUT2D eigenvalue weighted by Crippen LogP contribution is 2.17. The standard InChI is InChI=1S/C6H12N2S2.C2H4O2/c7-6(9)10-8-4-2-1-3-5-8;1-2(3)4/h1-5H2,(H2,7,9);1H3,(H,3,4). The van der Waals surface area contributed by atoms with Gasteiger partial charge in [-0.25, -0.2) is 4.31 Å². The molecule has 3 N–H and O–H groups in total. The van der Waals surface area contributed by atoms with E-state index in [-0.39, 0.29) is 0 Å². The second-order valence-electron chi connectivity index (χ2n) is 2.92. The second-order valence-corrected chi connectivity index (χ2v) is 4.76. The van der Waals surface area contributed by atoms with E-state index >= 15 is 0 Å². The molecule has 0 atom stereocenters. The lowest BCUT2D eigenvalue weighted by Crippen LogP contribution is -2.26. The number of hydrogen-bond donors (Lipinski definition) is 2. The molecule has 0 unspecified atom stereocenters. The molecule has 0 bridgehead atoms. The van der Waals surface area contributed by atoms with Gasteiger partial charge < -0.3 is 10.8 Å². The van der Waals surface area contributed by atoms with Crippen molar-refractivity contribution in [1.29, 1.82) is 0 Å². The number of piperidine rings is 1. The lowest BCUT2D eigenvalue weighted by Gasteiger charge is -2.23. The zero-order valence-electron chi connectivity index (χ0n) is 8.23. The van der Waals surface area contributed by atoms with E-state index in [0.29, 0.717) is 4.32 Å². The number of thiocarbonyl (C=S) groups is 1. The maximum absolute atomic E-state index is 9.00. The SMILES string of the molecule is CC(=O)O.NC(=S)SN1CCCCC1. The third-order valence-electron chi connectivity index (χ3n) is 1.53. The molecule has 1 heterocycles. The van der Waals surface area contributed by atoms with E-state index in [0.717, 1.165) is 20.0 Å². The Balaban J connectivity index is 0.000000364.